The third-order valence-corrected chi connectivity index (χ3v) is 4.40. The number of hydrogen-bond acceptors (Lipinski definition) is 5. The average molecular weight is 340 g/mol. The minimum Gasteiger partial charge on any atom is -0.319 e. The maximum absolute atomic E-state index is 12.3. The zero-order valence-electron chi connectivity index (χ0n) is 13.7. The first-order valence-corrected chi connectivity index (χ1v) is 7.88. The molecule has 4 rings (SSSR count). The summed E-state index contributed by atoms with van der Waals surface area (Å²) < 4.78 is 2.29. The van der Waals surface area contributed by atoms with E-state index in [1.807, 2.05) is 0 Å². The number of pyridine rings is 1. The summed E-state index contributed by atoms with van der Waals surface area (Å²) in [6, 6.07) is 3.25. The van der Waals surface area contributed by atoms with Crippen molar-refractivity contribution in [1.29, 1.82) is 0 Å². The first-order chi connectivity index (χ1) is 12.0. The van der Waals surface area contributed by atoms with Crippen molar-refractivity contribution in [3.05, 3.63) is 50.6 Å². The number of aromatic nitrogens is 5. The van der Waals surface area contributed by atoms with Crippen molar-refractivity contribution < 1.29 is 4.79 Å². The molecule has 1 aliphatic rings. The second kappa shape index (κ2) is 5.40. The summed E-state index contributed by atoms with van der Waals surface area (Å²) in [5.74, 6) is 0.0895. The van der Waals surface area contributed by atoms with E-state index in [0.29, 0.717) is 11.6 Å². The number of carbonyl (C=O) groups excluding carboxylic acids is 1. The molecule has 0 saturated heterocycles. The molecule has 128 valence electrons. The minimum absolute atomic E-state index is 0.253. The van der Waals surface area contributed by atoms with E-state index in [2.05, 4.69) is 20.5 Å². The summed E-state index contributed by atoms with van der Waals surface area (Å²) in [4.78, 5) is 40.7. The van der Waals surface area contributed by atoms with Crippen LogP contribution in [0.3, 0.4) is 0 Å². The summed E-state index contributed by atoms with van der Waals surface area (Å²) in [5.41, 5.74) is 0.968. The highest BCUT2D eigenvalue weighted by molar-refractivity contribution is 6.03. The topological polar surface area (TPSA) is 115 Å². The molecule has 0 aliphatic heterocycles. The SMILES string of the molecule is Cn1c(=O)c2cc(NC(=O)c3cc(C4CC4)[nH]n3)cnc2n(C)c1=O. The number of aryl methyl sites for hydroxylation is 1. The van der Waals surface area contributed by atoms with Gasteiger partial charge in [0.1, 0.15) is 5.65 Å². The lowest BCUT2D eigenvalue weighted by Gasteiger charge is -2.08. The van der Waals surface area contributed by atoms with Crippen LogP contribution in [0.15, 0.2) is 27.9 Å². The molecule has 1 saturated carbocycles. The Labute approximate surface area is 141 Å². The second-order valence-corrected chi connectivity index (χ2v) is 6.24. The van der Waals surface area contributed by atoms with Gasteiger partial charge in [-0.25, -0.2) is 9.78 Å². The highest BCUT2D eigenvalue weighted by Crippen LogP contribution is 2.39. The Kier molecular flexibility index (Phi) is 3.31. The minimum atomic E-state index is -0.461. The van der Waals surface area contributed by atoms with Crippen LogP contribution in [0, 0.1) is 0 Å². The molecule has 1 aliphatic carbocycles. The van der Waals surface area contributed by atoms with Crippen LogP contribution in [0.5, 0.6) is 0 Å². The van der Waals surface area contributed by atoms with Crippen LogP contribution in [0.25, 0.3) is 11.0 Å². The molecule has 2 N–H and O–H groups in total. The van der Waals surface area contributed by atoms with Gasteiger partial charge >= 0.3 is 5.69 Å². The van der Waals surface area contributed by atoms with Crippen LogP contribution in [0.2, 0.25) is 0 Å². The van der Waals surface area contributed by atoms with Gasteiger partial charge in [-0.15, -0.1) is 0 Å². The summed E-state index contributed by atoms with van der Waals surface area (Å²) in [7, 11) is 2.94. The maximum Gasteiger partial charge on any atom is 0.332 e. The zero-order chi connectivity index (χ0) is 17.7. The van der Waals surface area contributed by atoms with Crippen LogP contribution < -0.4 is 16.6 Å². The van der Waals surface area contributed by atoms with Crippen LogP contribution in [-0.2, 0) is 14.1 Å². The van der Waals surface area contributed by atoms with Crippen LogP contribution in [-0.4, -0.2) is 30.2 Å². The molecule has 0 atom stereocenters. The molecular formula is C16H16N6O3. The number of amides is 1. The van der Waals surface area contributed by atoms with Crippen molar-refractivity contribution in [2.75, 3.05) is 5.32 Å². The molecule has 1 amide bonds. The largest absolute Gasteiger partial charge is 0.332 e. The van der Waals surface area contributed by atoms with Gasteiger partial charge in [-0.05, 0) is 25.0 Å². The third-order valence-electron chi connectivity index (χ3n) is 4.40. The number of H-pyrrole nitrogens is 1. The number of nitrogens with one attached hydrogen (secondary N) is 2. The second-order valence-electron chi connectivity index (χ2n) is 6.24. The van der Waals surface area contributed by atoms with Crippen molar-refractivity contribution in [2.24, 2.45) is 14.1 Å². The fourth-order valence-electron chi connectivity index (χ4n) is 2.79. The van der Waals surface area contributed by atoms with Crippen molar-refractivity contribution in [1.82, 2.24) is 24.3 Å². The van der Waals surface area contributed by atoms with E-state index in [1.54, 1.807) is 13.1 Å². The molecule has 0 spiro atoms. The lowest BCUT2D eigenvalue weighted by atomic mass is 10.2. The van der Waals surface area contributed by atoms with E-state index in [-0.39, 0.29) is 22.6 Å². The van der Waals surface area contributed by atoms with Crippen LogP contribution in [0.4, 0.5) is 5.69 Å². The Bertz CT molecular complexity index is 1120. The number of fused-ring (bicyclic) bond motifs is 1. The number of nitrogens with zero attached hydrogens (tertiary/aromatic N) is 4. The summed E-state index contributed by atoms with van der Waals surface area (Å²) in [6.45, 7) is 0. The fourth-order valence-corrected chi connectivity index (χ4v) is 2.79. The maximum atomic E-state index is 12.3. The first kappa shape index (κ1) is 15.3. The van der Waals surface area contributed by atoms with Gasteiger partial charge in [0, 0.05) is 25.7 Å². The van der Waals surface area contributed by atoms with E-state index in [0.717, 1.165) is 23.1 Å². The zero-order valence-corrected chi connectivity index (χ0v) is 13.7. The molecule has 0 unspecified atom stereocenters. The van der Waals surface area contributed by atoms with E-state index < -0.39 is 11.2 Å². The Morgan fingerprint density at radius 2 is 2.00 bits per heavy atom. The fraction of sp³-hybridized carbons (Fsp3) is 0.312. The first-order valence-electron chi connectivity index (χ1n) is 7.88. The van der Waals surface area contributed by atoms with E-state index in [1.165, 1.54) is 23.9 Å². The molecule has 3 heterocycles. The monoisotopic (exact) mass is 340 g/mol. The van der Waals surface area contributed by atoms with Crippen molar-refractivity contribution in [2.45, 2.75) is 18.8 Å². The summed E-state index contributed by atoms with van der Waals surface area (Å²) in [5, 5.41) is 9.84. The van der Waals surface area contributed by atoms with E-state index in [4.69, 9.17) is 0 Å². The number of rotatable bonds is 3. The molecule has 9 nitrogen and oxygen atoms in total. The Morgan fingerprint density at radius 3 is 2.72 bits per heavy atom. The van der Waals surface area contributed by atoms with Gasteiger partial charge in [-0.3, -0.25) is 23.8 Å². The lowest BCUT2D eigenvalue weighted by molar-refractivity contribution is 0.102. The Morgan fingerprint density at radius 1 is 1.24 bits per heavy atom. The van der Waals surface area contributed by atoms with Gasteiger partial charge in [0.15, 0.2) is 5.69 Å². The molecular weight excluding hydrogens is 324 g/mol. The standard InChI is InChI=1S/C16H16N6O3/c1-21-13-10(15(24)22(2)16(21)25)5-9(7-17-13)18-14(23)12-6-11(19-20-12)8-3-4-8/h5-8H,3-4H2,1-2H3,(H,18,23)(H,19,20). The van der Waals surface area contributed by atoms with Crippen molar-refractivity contribution >= 4 is 22.6 Å². The lowest BCUT2D eigenvalue weighted by Crippen LogP contribution is -2.37. The highest BCUT2D eigenvalue weighted by atomic mass is 16.2. The van der Waals surface area contributed by atoms with Crippen LogP contribution in [0.1, 0.15) is 34.9 Å². The van der Waals surface area contributed by atoms with Crippen LogP contribution >= 0.6 is 0 Å². The van der Waals surface area contributed by atoms with E-state index >= 15 is 0 Å². The number of aromatic amines is 1. The van der Waals surface area contributed by atoms with Gasteiger partial charge in [-0.2, -0.15) is 5.10 Å². The molecule has 1 fully saturated rings. The number of anilines is 1. The number of carbonyl (C=O) groups is 1. The number of hydrogen-bond donors (Lipinski definition) is 2. The average Bonchev–Trinajstić information content (AvgIpc) is 3.34. The third kappa shape index (κ3) is 2.53. The van der Waals surface area contributed by atoms with Gasteiger partial charge in [-0.1, -0.05) is 0 Å². The summed E-state index contributed by atoms with van der Waals surface area (Å²) in [6.07, 6.45) is 3.63. The Balaban J connectivity index is 1.68. The van der Waals surface area contributed by atoms with Gasteiger partial charge in [0.2, 0.25) is 0 Å². The predicted octanol–water partition coefficient (Wildman–Crippen LogP) is 0.485. The smallest absolute Gasteiger partial charge is 0.319 e. The molecule has 3 aromatic rings. The van der Waals surface area contributed by atoms with Gasteiger partial charge in [0.25, 0.3) is 11.5 Å². The predicted molar refractivity (Wildman–Crippen MR) is 90.7 cm³/mol. The summed E-state index contributed by atoms with van der Waals surface area (Å²) >= 11 is 0. The molecule has 0 radical (unpaired) electrons. The van der Waals surface area contributed by atoms with Gasteiger partial charge in [0.05, 0.1) is 17.3 Å². The molecule has 0 bridgehead atoms. The Hall–Kier alpha value is -3.23. The van der Waals surface area contributed by atoms with Crippen molar-refractivity contribution in [3.8, 4) is 0 Å². The molecule has 25 heavy (non-hydrogen) atoms. The normalized spacial score (nSPS) is 14.0. The molecule has 3 aromatic heterocycles. The van der Waals surface area contributed by atoms with E-state index in [9.17, 15) is 14.4 Å². The molecule has 9 heteroatoms. The van der Waals surface area contributed by atoms with Gasteiger partial charge < -0.3 is 5.32 Å². The highest BCUT2D eigenvalue weighted by Gasteiger charge is 2.26. The quantitative estimate of drug-likeness (QED) is 0.720. The molecule has 0 aromatic carbocycles. The van der Waals surface area contributed by atoms with Crippen molar-refractivity contribution in [3.63, 3.8) is 0 Å².